The monoisotopic (exact) mass is 720 g/mol. The third-order valence-corrected chi connectivity index (χ3v) is 14.3. The van der Waals surface area contributed by atoms with E-state index in [-0.39, 0.29) is 27.7 Å². The molecule has 4 atom stereocenters. The fourth-order valence-corrected chi connectivity index (χ4v) is 11.7. The van der Waals surface area contributed by atoms with Crippen molar-refractivity contribution in [3.8, 4) is 0 Å². The van der Waals surface area contributed by atoms with Crippen LogP contribution in [0.25, 0.3) is 11.0 Å². The molecular formula is C33H35Cl3N4O4S2. The zero-order valence-corrected chi connectivity index (χ0v) is 29.0. The van der Waals surface area contributed by atoms with E-state index in [1.807, 2.05) is 0 Å². The Morgan fingerprint density at radius 1 is 0.761 bits per heavy atom. The van der Waals surface area contributed by atoms with Gasteiger partial charge in [-0.1, -0.05) is 34.8 Å². The number of fused-ring (bicyclic) bond motifs is 1. The van der Waals surface area contributed by atoms with E-state index in [2.05, 4.69) is 4.90 Å². The maximum atomic E-state index is 14.2. The second kappa shape index (κ2) is 12.7. The lowest BCUT2D eigenvalue weighted by Gasteiger charge is -2.57. The minimum Gasteiger partial charge on any atom is -0.300 e. The van der Waals surface area contributed by atoms with Crippen LogP contribution in [0.4, 0.5) is 0 Å². The largest absolute Gasteiger partial charge is 0.300 e. The third-order valence-electron chi connectivity index (χ3n) is 9.94. The van der Waals surface area contributed by atoms with Gasteiger partial charge in [0.1, 0.15) is 5.82 Å². The second-order valence-corrected chi connectivity index (χ2v) is 17.6. The summed E-state index contributed by atoms with van der Waals surface area (Å²) in [5, 5.41) is 1.33. The van der Waals surface area contributed by atoms with Crippen molar-refractivity contribution < 1.29 is 16.8 Å². The number of nitrogens with zero attached hydrogens (tertiary/aromatic N) is 4. The molecule has 0 bridgehead atoms. The number of imidazole rings is 1. The van der Waals surface area contributed by atoms with Crippen LogP contribution in [0.2, 0.25) is 15.1 Å². The summed E-state index contributed by atoms with van der Waals surface area (Å²) in [4.78, 5) is 7.67. The Morgan fingerprint density at radius 3 is 2.04 bits per heavy atom. The highest BCUT2D eigenvalue weighted by Crippen LogP contribution is 2.45. The highest BCUT2D eigenvalue weighted by atomic mass is 35.5. The molecule has 8 nitrogen and oxygen atoms in total. The predicted octanol–water partition coefficient (Wildman–Crippen LogP) is 7.12. The van der Waals surface area contributed by atoms with E-state index >= 15 is 0 Å². The summed E-state index contributed by atoms with van der Waals surface area (Å²) >= 11 is 18.5. The smallest absolute Gasteiger partial charge is 0.269 e. The molecule has 0 saturated carbocycles. The van der Waals surface area contributed by atoms with Crippen molar-refractivity contribution in [2.75, 3.05) is 19.6 Å². The normalized spacial score (nSPS) is 24.2. The van der Waals surface area contributed by atoms with Crippen molar-refractivity contribution in [2.45, 2.75) is 66.8 Å². The molecule has 1 aromatic heterocycles. The van der Waals surface area contributed by atoms with Crippen molar-refractivity contribution in [2.24, 2.45) is 11.8 Å². The first-order chi connectivity index (χ1) is 22.0. The number of hydrogen-bond donors (Lipinski definition) is 0. The maximum Gasteiger partial charge on any atom is 0.269 e. The maximum absolute atomic E-state index is 14.2. The van der Waals surface area contributed by atoms with Gasteiger partial charge in [-0.25, -0.2) is 25.8 Å². The molecule has 0 unspecified atom stereocenters. The van der Waals surface area contributed by atoms with E-state index in [1.165, 1.54) is 16.1 Å². The van der Waals surface area contributed by atoms with Crippen LogP contribution in [0, 0.1) is 11.8 Å². The van der Waals surface area contributed by atoms with Gasteiger partial charge in [-0.15, -0.1) is 0 Å². The average molecular weight is 722 g/mol. The summed E-state index contributed by atoms with van der Waals surface area (Å²) in [7, 11) is -7.82. The molecule has 244 valence electrons. The Morgan fingerprint density at radius 2 is 1.37 bits per heavy atom. The molecule has 3 fully saturated rings. The van der Waals surface area contributed by atoms with E-state index in [1.54, 1.807) is 58.9 Å². The fourth-order valence-electron chi connectivity index (χ4n) is 8.02. The van der Waals surface area contributed by atoms with E-state index in [0.29, 0.717) is 63.8 Å². The van der Waals surface area contributed by atoms with Gasteiger partial charge in [0.25, 0.3) is 10.0 Å². The molecule has 3 saturated heterocycles. The molecule has 13 heteroatoms. The predicted molar refractivity (Wildman–Crippen MR) is 182 cm³/mol. The van der Waals surface area contributed by atoms with E-state index in [9.17, 15) is 16.8 Å². The zero-order chi connectivity index (χ0) is 32.2. The minimum atomic E-state index is -4.03. The summed E-state index contributed by atoms with van der Waals surface area (Å²) < 4.78 is 59.6. The van der Waals surface area contributed by atoms with Crippen LogP contribution in [0.5, 0.6) is 0 Å². The quantitative estimate of drug-likeness (QED) is 0.193. The number of halogens is 3. The summed E-state index contributed by atoms with van der Waals surface area (Å²) in [6, 6.07) is 17.6. The summed E-state index contributed by atoms with van der Waals surface area (Å²) in [5.41, 5.74) is 0.921. The van der Waals surface area contributed by atoms with Crippen molar-refractivity contribution in [3.63, 3.8) is 0 Å². The molecule has 0 radical (unpaired) electrons. The Labute approximate surface area is 285 Å². The first-order valence-electron chi connectivity index (χ1n) is 15.7. The average Bonchev–Trinajstić information content (AvgIpc) is 3.40. The van der Waals surface area contributed by atoms with Crippen LogP contribution < -0.4 is 0 Å². The molecular weight excluding hydrogens is 687 g/mol. The Kier molecular flexibility index (Phi) is 8.93. The van der Waals surface area contributed by atoms with E-state index in [4.69, 9.17) is 39.8 Å². The Hall–Kier alpha value is -2.18. The number of aryl methyl sites for hydroxylation is 1. The van der Waals surface area contributed by atoms with Crippen LogP contribution in [0.1, 0.15) is 44.3 Å². The molecule has 0 spiro atoms. The first kappa shape index (κ1) is 32.4. The number of sulfonamides is 1. The molecule has 0 N–H and O–H groups in total. The van der Waals surface area contributed by atoms with Crippen LogP contribution >= 0.6 is 34.8 Å². The summed E-state index contributed by atoms with van der Waals surface area (Å²) in [6.45, 7) is 2.60. The van der Waals surface area contributed by atoms with Gasteiger partial charge in [0, 0.05) is 40.1 Å². The van der Waals surface area contributed by atoms with Gasteiger partial charge in [-0.2, -0.15) is 4.31 Å². The minimum absolute atomic E-state index is 0.0931. The van der Waals surface area contributed by atoms with Gasteiger partial charge in [0.05, 0.1) is 20.8 Å². The lowest BCUT2D eigenvalue weighted by molar-refractivity contribution is -0.0523. The van der Waals surface area contributed by atoms with Crippen molar-refractivity contribution in [1.82, 2.24) is 18.2 Å². The van der Waals surface area contributed by atoms with Gasteiger partial charge in [0.2, 0.25) is 10.0 Å². The highest BCUT2D eigenvalue weighted by molar-refractivity contribution is 7.90. The Balaban J connectivity index is 1.23. The molecule has 0 amide bonds. The van der Waals surface area contributed by atoms with E-state index < -0.39 is 20.0 Å². The Bertz CT molecular complexity index is 1970. The molecule has 7 rings (SSSR count). The molecule has 46 heavy (non-hydrogen) atoms. The van der Waals surface area contributed by atoms with Gasteiger partial charge in [0.15, 0.2) is 0 Å². The second-order valence-electron chi connectivity index (χ2n) is 12.6. The zero-order valence-electron chi connectivity index (χ0n) is 25.1. The van der Waals surface area contributed by atoms with Gasteiger partial charge in [-0.3, -0.25) is 4.90 Å². The first-order valence-corrected chi connectivity index (χ1v) is 19.7. The number of hydrogen-bond acceptors (Lipinski definition) is 6. The number of rotatable bonds is 8. The van der Waals surface area contributed by atoms with Crippen molar-refractivity contribution >= 4 is 65.9 Å². The van der Waals surface area contributed by atoms with Crippen LogP contribution in [0.3, 0.4) is 0 Å². The molecule has 3 aliphatic heterocycles. The standard InChI is InChI=1S/C33H35Cl3N4O4S2/c34-23-8-13-26(14-9-23)45(41,42)39-21-22-4-2-18-38-19-3-5-28(33(22)38)30(39)6-1-7-32-37-29-17-12-25(36)20-31(29)40(32)46(43,44)27-15-10-24(35)11-16-27/h8-17,20,22,28,30,33H,1-7,18-19,21H2/t22-,28+,30+,33-/m0/s1. The van der Waals surface area contributed by atoms with Crippen LogP contribution in [0.15, 0.2) is 76.5 Å². The van der Waals surface area contributed by atoms with Gasteiger partial charge in [-0.05, 0) is 130 Å². The van der Waals surface area contributed by atoms with E-state index in [0.717, 1.165) is 38.8 Å². The summed E-state index contributed by atoms with van der Waals surface area (Å²) in [5.74, 6) is 0.872. The van der Waals surface area contributed by atoms with Crippen LogP contribution in [-0.4, -0.2) is 66.7 Å². The van der Waals surface area contributed by atoms with Crippen LogP contribution in [-0.2, 0) is 26.5 Å². The van der Waals surface area contributed by atoms with Gasteiger partial charge < -0.3 is 0 Å². The lowest BCUT2D eigenvalue weighted by atomic mass is 9.70. The fraction of sp³-hybridized carbons (Fsp3) is 0.424. The number of aromatic nitrogens is 2. The molecule has 4 heterocycles. The molecule has 3 aromatic carbocycles. The molecule has 3 aliphatic rings. The highest BCUT2D eigenvalue weighted by Gasteiger charge is 2.51. The number of piperidine rings is 3. The third kappa shape index (κ3) is 5.88. The number of benzene rings is 3. The van der Waals surface area contributed by atoms with Crippen molar-refractivity contribution in [3.05, 3.63) is 87.6 Å². The molecule has 4 aromatic rings. The van der Waals surface area contributed by atoms with Crippen molar-refractivity contribution in [1.29, 1.82) is 0 Å². The van der Waals surface area contributed by atoms with Gasteiger partial charge >= 0.3 is 0 Å². The molecule has 0 aliphatic carbocycles. The summed E-state index contributed by atoms with van der Waals surface area (Å²) in [6.07, 6.45) is 5.58. The topological polar surface area (TPSA) is 92.6 Å². The lowest BCUT2D eigenvalue weighted by Crippen LogP contribution is -2.65. The SMILES string of the molecule is O=S(=O)(c1ccc(Cl)cc1)N1C[C@@H]2CCCN3CCC[C@@H]([C@H]23)[C@H]1CCCc1nc2ccc(Cl)cc2n1S(=O)(=O)c1ccc(Cl)cc1.